The van der Waals surface area contributed by atoms with E-state index in [0.717, 1.165) is 18.2 Å². The SMILES string of the molecule is CC.CC.CCCCN1CCC(COC(C)=Nc2ccc(C)cc2C)CC1. The van der Waals surface area contributed by atoms with Crippen LogP contribution in [0.1, 0.15) is 78.4 Å². The minimum Gasteiger partial charge on any atom is -0.481 e. The van der Waals surface area contributed by atoms with E-state index in [1.807, 2.05) is 34.6 Å². The van der Waals surface area contributed by atoms with E-state index >= 15 is 0 Å². The Morgan fingerprint density at radius 3 is 2.30 bits per heavy atom. The van der Waals surface area contributed by atoms with Gasteiger partial charge in [-0.25, -0.2) is 4.99 Å². The Kier molecular flexibility index (Phi) is 14.9. The standard InChI is InChI=1S/C20H32N2O.2C2H6/c1-5-6-11-22-12-9-19(10-13-22)15-23-18(4)21-20-8-7-16(2)14-17(20)3;2*1-2/h7-8,14,19H,5-6,9-13,15H2,1-4H3;2*1-2H3. The Morgan fingerprint density at radius 1 is 1.11 bits per heavy atom. The van der Waals surface area contributed by atoms with Gasteiger partial charge >= 0.3 is 0 Å². The summed E-state index contributed by atoms with van der Waals surface area (Å²) in [7, 11) is 0. The van der Waals surface area contributed by atoms with Crippen LogP contribution in [-0.4, -0.2) is 37.0 Å². The van der Waals surface area contributed by atoms with Crippen LogP contribution in [0.4, 0.5) is 5.69 Å². The van der Waals surface area contributed by atoms with Gasteiger partial charge < -0.3 is 9.64 Å². The number of aryl methyl sites for hydroxylation is 2. The highest BCUT2D eigenvalue weighted by Gasteiger charge is 2.19. The summed E-state index contributed by atoms with van der Waals surface area (Å²) in [6, 6.07) is 6.34. The van der Waals surface area contributed by atoms with Crippen LogP contribution in [0.3, 0.4) is 0 Å². The predicted molar refractivity (Wildman–Crippen MR) is 121 cm³/mol. The second-order valence-corrected chi connectivity index (χ2v) is 6.87. The van der Waals surface area contributed by atoms with Gasteiger partial charge in [-0.1, -0.05) is 58.7 Å². The van der Waals surface area contributed by atoms with Crippen molar-refractivity contribution >= 4 is 11.6 Å². The van der Waals surface area contributed by atoms with Crippen LogP contribution in [-0.2, 0) is 4.74 Å². The number of nitrogens with zero attached hydrogens (tertiary/aromatic N) is 2. The molecule has 0 atom stereocenters. The fourth-order valence-electron chi connectivity index (χ4n) is 3.13. The maximum atomic E-state index is 5.92. The molecule has 0 bridgehead atoms. The summed E-state index contributed by atoms with van der Waals surface area (Å²) in [6.45, 7) is 21.0. The smallest absolute Gasteiger partial charge is 0.185 e. The fraction of sp³-hybridized carbons (Fsp3) is 0.708. The number of benzene rings is 1. The van der Waals surface area contributed by atoms with Crippen LogP contribution in [0, 0.1) is 19.8 Å². The first-order valence-corrected chi connectivity index (χ1v) is 11.1. The number of hydrogen-bond donors (Lipinski definition) is 0. The lowest BCUT2D eigenvalue weighted by Gasteiger charge is -2.31. The van der Waals surface area contributed by atoms with Crippen LogP contribution in [0.25, 0.3) is 0 Å². The molecule has 1 heterocycles. The number of hydrogen-bond acceptors (Lipinski definition) is 3. The van der Waals surface area contributed by atoms with Gasteiger partial charge in [-0.3, -0.25) is 0 Å². The third-order valence-corrected chi connectivity index (χ3v) is 4.69. The van der Waals surface area contributed by atoms with E-state index in [-0.39, 0.29) is 0 Å². The lowest BCUT2D eigenvalue weighted by atomic mass is 9.97. The molecule has 1 saturated heterocycles. The van der Waals surface area contributed by atoms with E-state index in [0.29, 0.717) is 5.92 Å². The van der Waals surface area contributed by atoms with Crippen molar-refractivity contribution in [1.29, 1.82) is 0 Å². The Bertz CT molecular complexity index is 517. The predicted octanol–water partition coefficient (Wildman–Crippen LogP) is 6.93. The van der Waals surface area contributed by atoms with Crippen LogP contribution in [0.5, 0.6) is 0 Å². The van der Waals surface area contributed by atoms with E-state index in [2.05, 4.69) is 48.9 Å². The van der Waals surface area contributed by atoms with E-state index in [1.54, 1.807) is 0 Å². The molecule has 3 heteroatoms. The zero-order chi connectivity index (χ0) is 20.7. The first kappa shape index (κ1) is 25.6. The van der Waals surface area contributed by atoms with Gasteiger partial charge in [0.05, 0.1) is 12.3 Å². The average Bonchev–Trinajstić information content (AvgIpc) is 2.71. The highest BCUT2D eigenvalue weighted by atomic mass is 16.5. The average molecular weight is 377 g/mol. The second kappa shape index (κ2) is 15.7. The van der Waals surface area contributed by atoms with Crippen LogP contribution < -0.4 is 0 Å². The second-order valence-electron chi connectivity index (χ2n) is 6.87. The van der Waals surface area contributed by atoms with Gasteiger partial charge in [0.25, 0.3) is 0 Å². The van der Waals surface area contributed by atoms with E-state index in [9.17, 15) is 0 Å². The van der Waals surface area contributed by atoms with Crippen molar-refractivity contribution in [2.45, 2.75) is 81.1 Å². The number of aliphatic imine (C=N–C) groups is 1. The monoisotopic (exact) mass is 376 g/mol. The van der Waals surface area contributed by atoms with Crippen molar-refractivity contribution in [3.63, 3.8) is 0 Å². The Hall–Kier alpha value is -1.35. The van der Waals surface area contributed by atoms with E-state index in [1.165, 1.54) is 56.4 Å². The minimum absolute atomic E-state index is 0.678. The number of likely N-dealkylation sites (tertiary alicyclic amines) is 1. The van der Waals surface area contributed by atoms with Crippen molar-refractivity contribution in [1.82, 2.24) is 4.90 Å². The molecule has 0 aromatic heterocycles. The maximum absolute atomic E-state index is 5.92. The molecular weight excluding hydrogens is 332 g/mol. The van der Waals surface area contributed by atoms with Crippen LogP contribution in [0.15, 0.2) is 23.2 Å². The Labute approximate surface area is 169 Å². The van der Waals surface area contributed by atoms with Gasteiger partial charge in [0.2, 0.25) is 0 Å². The molecule has 0 N–H and O–H groups in total. The summed E-state index contributed by atoms with van der Waals surface area (Å²) >= 11 is 0. The van der Waals surface area contributed by atoms with E-state index in [4.69, 9.17) is 4.74 Å². The normalized spacial score (nSPS) is 15.3. The molecule has 0 amide bonds. The third-order valence-electron chi connectivity index (χ3n) is 4.69. The van der Waals surface area contributed by atoms with Gasteiger partial charge in [0, 0.05) is 6.92 Å². The largest absolute Gasteiger partial charge is 0.481 e. The van der Waals surface area contributed by atoms with Crippen molar-refractivity contribution in [3.05, 3.63) is 29.3 Å². The molecular formula is C24H44N2O. The molecule has 0 aliphatic carbocycles. The number of unbranched alkanes of at least 4 members (excludes halogenated alkanes) is 1. The molecule has 0 saturated carbocycles. The number of rotatable bonds is 6. The topological polar surface area (TPSA) is 24.8 Å². The van der Waals surface area contributed by atoms with Crippen molar-refractivity contribution in [2.24, 2.45) is 10.9 Å². The fourth-order valence-corrected chi connectivity index (χ4v) is 3.13. The van der Waals surface area contributed by atoms with Gasteiger partial charge in [0.1, 0.15) is 0 Å². The Balaban J connectivity index is 0.00000158. The molecule has 1 aliphatic heterocycles. The third kappa shape index (κ3) is 10.5. The summed E-state index contributed by atoms with van der Waals surface area (Å²) in [4.78, 5) is 7.22. The molecule has 27 heavy (non-hydrogen) atoms. The van der Waals surface area contributed by atoms with Gasteiger partial charge in [-0.2, -0.15) is 0 Å². The van der Waals surface area contributed by atoms with Gasteiger partial charge in [-0.05, 0) is 70.3 Å². The number of piperidine rings is 1. The Morgan fingerprint density at radius 2 is 1.74 bits per heavy atom. The van der Waals surface area contributed by atoms with Crippen molar-refractivity contribution in [2.75, 3.05) is 26.2 Å². The first-order valence-electron chi connectivity index (χ1n) is 11.1. The zero-order valence-corrected chi connectivity index (χ0v) is 19.3. The van der Waals surface area contributed by atoms with Crippen LogP contribution in [0.2, 0.25) is 0 Å². The lowest BCUT2D eigenvalue weighted by Crippen LogP contribution is -2.35. The molecule has 3 nitrogen and oxygen atoms in total. The summed E-state index contributed by atoms with van der Waals surface area (Å²) in [5.74, 6) is 1.46. The maximum Gasteiger partial charge on any atom is 0.185 e. The highest BCUT2D eigenvalue weighted by molar-refractivity contribution is 5.77. The molecule has 1 aromatic rings. The molecule has 1 aromatic carbocycles. The quantitative estimate of drug-likeness (QED) is 0.397. The van der Waals surface area contributed by atoms with E-state index < -0.39 is 0 Å². The molecule has 156 valence electrons. The molecule has 1 fully saturated rings. The molecule has 0 radical (unpaired) electrons. The lowest BCUT2D eigenvalue weighted by molar-refractivity contribution is 0.135. The zero-order valence-electron chi connectivity index (χ0n) is 19.3. The van der Waals surface area contributed by atoms with Gasteiger partial charge in [-0.15, -0.1) is 0 Å². The summed E-state index contributed by atoms with van der Waals surface area (Å²) in [5.41, 5.74) is 3.49. The van der Waals surface area contributed by atoms with Crippen molar-refractivity contribution < 1.29 is 4.74 Å². The first-order chi connectivity index (χ1) is 13.1. The summed E-state index contributed by atoms with van der Waals surface area (Å²) in [6.07, 6.45) is 5.11. The molecule has 1 aliphatic rings. The summed E-state index contributed by atoms with van der Waals surface area (Å²) in [5, 5.41) is 0. The number of ether oxygens (including phenoxy) is 1. The van der Waals surface area contributed by atoms with Crippen LogP contribution >= 0.6 is 0 Å². The highest BCUT2D eigenvalue weighted by Crippen LogP contribution is 2.21. The summed E-state index contributed by atoms with van der Waals surface area (Å²) < 4.78 is 5.92. The minimum atomic E-state index is 0.678. The molecule has 0 unspecified atom stereocenters. The van der Waals surface area contributed by atoms with Gasteiger partial charge in [0.15, 0.2) is 5.90 Å². The molecule has 2 rings (SSSR count). The van der Waals surface area contributed by atoms with Crippen molar-refractivity contribution in [3.8, 4) is 0 Å². The molecule has 0 spiro atoms.